The number of hydrogen-bond acceptors (Lipinski definition) is 8. The van der Waals surface area contributed by atoms with Crippen LogP contribution in [0.3, 0.4) is 0 Å². The quantitative estimate of drug-likeness (QED) is 0.366. The van der Waals surface area contributed by atoms with Crippen LogP contribution in [-0.4, -0.2) is 36.0 Å². The van der Waals surface area contributed by atoms with Crippen molar-refractivity contribution in [3.8, 4) is 11.5 Å². The second-order valence-electron chi connectivity index (χ2n) is 8.19. The van der Waals surface area contributed by atoms with Gasteiger partial charge in [0.1, 0.15) is 0 Å². The van der Waals surface area contributed by atoms with E-state index in [0.717, 1.165) is 21.3 Å². The van der Waals surface area contributed by atoms with Crippen molar-refractivity contribution in [3.63, 3.8) is 0 Å². The van der Waals surface area contributed by atoms with Crippen LogP contribution < -0.4 is 14.4 Å². The highest BCUT2D eigenvalue weighted by Crippen LogP contribution is 2.46. The number of methoxy groups -OCH3 is 2. The van der Waals surface area contributed by atoms with Gasteiger partial charge in [0, 0.05) is 0 Å². The van der Waals surface area contributed by atoms with Crippen molar-refractivity contribution in [2.24, 2.45) is 0 Å². The summed E-state index contributed by atoms with van der Waals surface area (Å²) in [5.41, 5.74) is 3.26. The lowest BCUT2D eigenvalue weighted by molar-refractivity contribution is -0.117. The van der Waals surface area contributed by atoms with Crippen LogP contribution in [0, 0.1) is 13.8 Å². The number of thiazole rings is 1. The van der Waals surface area contributed by atoms with E-state index in [-0.39, 0.29) is 11.3 Å². The third-order valence-electron chi connectivity index (χ3n) is 5.95. The number of aromatic nitrogens is 1. The molecule has 0 spiro atoms. The molecule has 5 rings (SSSR count). The molecule has 3 heterocycles. The second kappa shape index (κ2) is 8.59. The van der Waals surface area contributed by atoms with Gasteiger partial charge in [0.2, 0.25) is 5.78 Å². The molecule has 4 aromatic rings. The van der Waals surface area contributed by atoms with Crippen molar-refractivity contribution in [2.75, 3.05) is 19.1 Å². The summed E-state index contributed by atoms with van der Waals surface area (Å²) in [7, 11) is 3.02. The molecule has 0 unspecified atom stereocenters. The maximum atomic E-state index is 13.4. The Balaban J connectivity index is 1.71. The normalized spacial score (nSPS) is 15.8. The molecule has 1 N–H and O–H groups in total. The number of aliphatic hydroxyl groups excluding tert-OH is 1. The maximum absolute atomic E-state index is 13.4. The number of rotatable bonds is 6. The number of ketones is 1. The SMILES string of the molecule is COc1ccc([C@@H]2C(C(=O)c3ccco3)=C(O)C(=O)N2c2nc3c(C)cc(C)cc3s2)cc1OC. The van der Waals surface area contributed by atoms with E-state index < -0.39 is 23.5 Å². The van der Waals surface area contributed by atoms with E-state index in [1.807, 2.05) is 26.0 Å². The number of anilines is 1. The van der Waals surface area contributed by atoms with Gasteiger partial charge in [-0.05, 0) is 60.9 Å². The number of ether oxygens (including phenoxy) is 2. The van der Waals surface area contributed by atoms with Crippen molar-refractivity contribution in [1.29, 1.82) is 0 Å². The average molecular weight is 491 g/mol. The number of fused-ring (bicyclic) bond motifs is 1. The van der Waals surface area contributed by atoms with Gasteiger partial charge < -0.3 is 19.0 Å². The predicted octanol–water partition coefficient (Wildman–Crippen LogP) is 5.31. The number of amides is 1. The lowest BCUT2D eigenvalue weighted by Crippen LogP contribution is -2.31. The molecule has 2 aromatic carbocycles. The first kappa shape index (κ1) is 22.7. The molecule has 1 atom stereocenters. The third kappa shape index (κ3) is 3.64. The molecule has 35 heavy (non-hydrogen) atoms. The van der Waals surface area contributed by atoms with Crippen molar-refractivity contribution in [2.45, 2.75) is 19.9 Å². The first-order valence-electron chi connectivity index (χ1n) is 10.8. The topological polar surface area (TPSA) is 102 Å². The van der Waals surface area contributed by atoms with E-state index in [2.05, 4.69) is 0 Å². The Morgan fingerprint density at radius 3 is 2.57 bits per heavy atom. The van der Waals surface area contributed by atoms with Crippen molar-refractivity contribution in [1.82, 2.24) is 4.98 Å². The fourth-order valence-corrected chi connectivity index (χ4v) is 5.54. The molecule has 0 aliphatic carbocycles. The van der Waals surface area contributed by atoms with E-state index in [0.29, 0.717) is 22.2 Å². The van der Waals surface area contributed by atoms with Crippen LogP contribution in [0.15, 0.2) is 64.5 Å². The summed E-state index contributed by atoms with van der Waals surface area (Å²) >= 11 is 1.32. The third-order valence-corrected chi connectivity index (χ3v) is 6.95. The fourth-order valence-electron chi connectivity index (χ4n) is 4.38. The lowest BCUT2D eigenvalue weighted by Gasteiger charge is -2.25. The molecule has 0 fully saturated rings. The molecule has 0 saturated carbocycles. The van der Waals surface area contributed by atoms with Crippen LogP contribution in [0.2, 0.25) is 0 Å². The van der Waals surface area contributed by atoms with Gasteiger partial charge in [-0.2, -0.15) is 0 Å². The van der Waals surface area contributed by atoms with Crippen molar-refractivity contribution in [3.05, 3.63) is 82.5 Å². The summed E-state index contributed by atoms with van der Waals surface area (Å²) in [5.74, 6) is -1.01. The zero-order valence-corrected chi connectivity index (χ0v) is 20.3. The van der Waals surface area contributed by atoms with E-state index in [9.17, 15) is 14.7 Å². The number of carbonyl (C=O) groups is 2. The Bertz CT molecular complexity index is 1500. The highest BCUT2D eigenvalue weighted by molar-refractivity contribution is 7.22. The molecule has 178 valence electrons. The molecule has 2 aromatic heterocycles. The summed E-state index contributed by atoms with van der Waals surface area (Å²) in [6.45, 7) is 3.95. The number of furan rings is 1. The molecule has 0 saturated heterocycles. The van der Waals surface area contributed by atoms with Gasteiger partial charge in [0.25, 0.3) is 5.91 Å². The fraction of sp³-hybridized carbons (Fsp3) is 0.192. The predicted molar refractivity (Wildman–Crippen MR) is 132 cm³/mol. The van der Waals surface area contributed by atoms with E-state index >= 15 is 0 Å². The zero-order chi connectivity index (χ0) is 24.9. The van der Waals surface area contributed by atoms with Gasteiger partial charge in [-0.15, -0.1) is 0 Å². The number of carbonyl (C=O) groups excluding carboxylic acids is 2. The van der Waals surface area contributed by atoms with E-state index in [1.54, 1.807) is 24.3 Å². The number of Topliss-reactive ketones (excluding diaryl/α,β-unsaturated/α-hetero) is 1. The Morgan fingerprint density at radius 1 is 1.11 bits per heavy atom. The van der Waals surface area contributed by atoms with Crippen LogP contribution in [0.5, 0.6) is 11.5 Å². The maximum Gasteiger partial charge on any atom is 0.296 e. The molecule has 1 aliphatic heterocycles. The molecule has 1 amide bonds. The summed E-state index contributed by atoms with van der Waals surface area (Å²) in [4.78, 5) is 32.9. The standard InChI is InChI=1S/C26H22N2O6S/c1-13-10-14(2)21-19(11-13)35-26(27-21)28-22(15-7-8-16(32-3)18(12-15)33-4)20(24(30)25(28)31)23(29)17-6-5-9-34-17/h5-12,22,30H,1-4H3/t22-/m1/s1. The van der Waals surface area contributed by atoms with Crippen LogP contribution in [0.4, 0.5) is 5.13 Å². The second-order valence-corrected chi connectivity index (χ2v) is 9.19. The first-order valence-corrected chi connectivity index (χ1v) is 11.6. The molecular formula is C26H22N2O6S. The Morgan fingerprint density at radius 2 is 1.89 bits per heavy atom. The Kier molecular flexibility index (Phi) is 5.56. The van der Waals surface area contributed by atoms with Gasteiger partial charge in [0.05, 0.1) is 42.3 Å². The zero-order valence-electron chi connectivity index (χ0n) is 19.5. The summed E-state index contributed by atoms with van der Waals surface area (Å²) in [5, 5.41) is 11.3. The number of aliphatic hydroxyl groups is 1. The highest BCUT2D eigenvalue weighted by Gasteiger charge is 2.46. The van der Waals surface area contributed by atoms with Crippen molar-refractivity contribution >= 4 is 38.4 Å². The number of aryl methyl sites for hydroxylation is 2. The largest absolute Gasteiger partial charge is 0.503 e. The van der Waals surface area contributed by atoms with E-state index in [1.165, 1.54) is 42.8 Å². The minimum atomic E-state index is -0.957. The lowest BCUT2D eigenvalue weighted by atomic mass is 9.95. The number of hydrogen-bond donors (Lipinski definition) is 1. The number of nitrogens with zero attached hydrogens (tertiary/aromatic N) is 2. The van der Waals surface area contributed by atoms with E-state index in [4.69, 9.17) is 18.9 Å². The Hall–Kier alpha value is -4.11. The van der Waals surface area contributed by atoms with Gasteiger partial charge in [-0.25, -0.2) is 4.98 Å². The first-order chi connectivity index (χ1) is 16.8. The van der Waals surface area contributed by atoms with Gasteiger partial charge >= 0.3 is 0 Å². The smallest absolute Gasteiger partial charge is 0.296 e. The molecule has 9 heteroatoms. The molecule has 8 nitrogen and oxygen atoms in total. The number of benzene rings is 2. The highest BCUT2D eigenvalue weighted by atomic mass is 32.1. The van der Waals surface area contributed by atoms with Gasteiger partial charge in [0.15, 0.2) is 28.1 Å². The van der Waals surface area contributed by atoms with Gasteiger partial charge in [-0.1, -0.05) is 23.5 Å². The van der Waals surface area contributed by atoms with Crippen LogP contribution >= 0.6 is 11.3 Å². The molecule has 0 radical (unpaired) electrons. The Labute approximate surface area is 205 Å². The van der Waals surface area contributed by atoms with Gasteiger partial charge in [-0.3, -0.25) is 14.5 Å². The van der Waals surface area contributed by atoms with Crippen LogP contribution in [0.25, 0.3) is 10.2 Å². The van der Waals surface area contributed by atoms with Crippen LogP contribution in [-0.2, 0) is 4.79 Å². The summed E-state index contributed by atoms with van der Waals surface area (Å²) in [6, 6.07) is 11.2. The minimum Gasteiger partial charge on any atom is -0.503 e. The average Bonchev–Trinajstić information content (AvgIpc) is 3.57. The molecule has 0 bridgehead atoms. The summed E-state index contributed by atoms with van der Waals surface area (Å²) in [6.07, 6.45) is 1.36. The minimum absolute atomic E-state index is 0.0162. The molecule has 1 aliphatic rings. The van der Waals surface area contributed by atoms with Crippen LogP contribution in [0.1, 0.15) is 33.3 Å². The monoisotopic (exact) mass is 490 g/mol. The summed E-state index contributed by atoms with van der Waals surface area (Å²) < 4.78 is 17.0. The van der Waals surface area contributed by atoms with Crippen molar-refractivity contribution < 1.29 is 28.6 Å². The molecular weight excluding hydrogens is 468 g/mol.